The van der Waals surface area contributed by atoms with Crippen LogP contribution in [0.5, 0.6) is 0 Å². The molecule has 1 rings (SSSR count). The fraction of sp³-hybridized carbons (Fsp3) is 0.786. The molecule has 1 aliphatic heterocycles. The van der Waals surface area contributed by atoms with Gasteiger partial charge in [0.1, 0.15) is 0 Å². The van der Waals surface area contributed by atoms with Crippen molar-refractivity contribution >= 4 is 5.97 Å². The summed E-state index contributed by atoms with van der Waals surface area (Å²) in [6.45, 7) is 10.1. The van der Waals surface area contributed by atoms with E-state index < -0.39 is 5.97 Å². The number of likely N-dealkylation sites (N-methyl/N-ethyl adjacent to an activating group) is 1. The van der Waals surface area contributed by atoms with Gasteiger partial charge in [0.15, 0.2) is 0 Å². The highest BCUT2D eigenvalue weighted by Gasteiger charge is 2.24. The van der Waals surface area contributed by atoms with Gasteiger partial charge in [-0.2, -0.15) is 0 Å². The van der Waals surface area contributed by atoms with Crippen LogP contribution in [-0.4, -0.2) is 59.6 Å². The van der Waals surface area contributed by atoms with Crippen molar-refractivity contribution in [3.05, 3.63) is 12.7 Å². The number of likely N-dealkylation sites (tertiary alicyclic amines) is 1. The SMILES string of the molecule is C=CCCCN1CCC(N(CC)CC(=O)O)CC1. The van der Waals surface area contributed by atoms with Gasteiger partial charge in [0.2, 0.25) is 0 Å². The van der Waals surface area contributed by atoms with Gasteiger partial charge in [0.25, 0.3) is 0 Å². The van der Waals surface area contributed by atoms with Crippen LogP contribution >= 0.6 is 0 Å². The summed E-state index contributed by atoms with van der Waals surface area (Å²) in [6.07, 6.45) is 6.42. The number of piperidine rings is 1. The molecule has 1 heterocycles. The van der Waals surface area contributed by atoms with Crippen LogP contribution in [0, 0.1) is 0 Å². The number of hydrogen-bond donors (Lipinski definition) is 1. The highest BCUT2D eigenvalue weighted by atomic mass is 16.4. The number of nitrogens with zero attached hydrogens (tertiary/aromatic N) is 2. The van der Waals surface area contributed by atoms with Gasteiger partial charge in [-0.05, 0) is 51.9 Å². The Morgan fingerprint density at radius 1 is 1.50 bits per heavy atom. The summed E-state index contributed by atoms with van der Waals surface area (Å²) in [5.74, 6) is -0.717. The predicted octanol–water partition coefficient (Wildman–Crippen LogP) is 1.82. The molecule has 0 amide bonds. The molecule has 0 spiro atoms. The third-order valence-corrected chi connectivity index (χ3v) is 3.70. The van der Waals surface area contributed by atoms with Crippen molar-refractivity contribution in [1.29, 1.82) is 0 Å². The third-order valence-electron chi connectivity index (χ3n) is 3.70. The summed E-state index contributed by atoms with van der Waals surface area (Å²) in [7, 11) is 0. The second kappa shape index (κ2) is 8.27. The average molecular weight is 254 g/mol. The molecule has 0 atom stereocenters. The second-order valence-electron chi connectivity index (χ2n) is 4.96. The Kier molecular flexibility index (Phi) is 6.98. The van der Waals surface area contributed by atoms with E-state index in [9.17, 15) is 4.79 Å². The number of rotatable bonds is 8. The molecule has 0 unspecified atom stereocenters. The number of allylic oxidation sites excluding steroid dienone is 1. The Bertz CT molecular complexity index is 261. The van der Waals surface area contributed by atoms with Crippen molar-refractivity contribution in [3.8, 4) is 0 Å². The quantitative estimate of drug-likeness (QED) is 0.530. The first kappa shape index (κ1) is 15.2. The van der Waals surface area contributed by atoms with Gasteiger partial charge in [0, 0.05) is 6.04 Å². The number of hydrogen-bond acceptors (Lipinski definition) is 3. The predicted molar refractivity (Wildman–Crippen MR) is 73.8 cm³/mol. The van der Waals surface area contributed by atoms with Gasteiger partial charge in [-0.25, -0.2) is 0 Å². The van der Waals surface area contributed by atoms with Crippen LogP contribution in [-0.2, 0) is 4.79 Å². The van der Waals surface area contributed by atoms with E-state index in [1.807, 2.05) is 13.0 Å². The molecule has 0 saturated carbocycles. The van der Waals surface area contributed by atoms with Gasteiger partial charge in [-0.1, -0.05) is 13.0 Å². The largest absolute Gasteiger partial charge is 0.480 e. The first-order valence-electron chi connectivity index (χ1n) is 6.96. The summed E-state index contributed by atoms with van der Waals surface area (Å²) in [5.41, 5.74) is 0. The summed E-state index contributed by atoms with van der Waals surface area (Å²) in [5, 5.41) is 8.88. The zero-order valence-corrected chi connectivity index (χ0v) is 11.5. The molecule has 1 saturated heterocycles. The van der Waals surface area contributed by atoms with Crippen LogP contribution in [0.4, 0.5) is 0 Å². The Morgan fingerprint density at radius 3 is 2.67 bits per heavy atom. The summed E-state index contributed by atoms with van der Waals surface area (Å²) in [4.78, 5) is 15.4. The number of unbranched alkanes of at least 4 members (excludes halogenated alkanes) is 1. The van der Waals surface area contributed by atoms with Crippen molar-refractivity contribution in [1.82, 2.24) is 9.80 Å². The minimum Gasteiger partial charge on any atom is -0.480 e. The van der Waals surface area contributed by atoms with E-state index in [0.29, 0.717) is 6.04 Å². The Balaban J connectivity index is 2.28. The van der Waals surface area contributed by atoms with Crippen molar-refractivity contribution < 1.29 is 9.90 Å². The number of carboxylic acids is 1. The fourth-order valence-electron chi connectivity index (χ4n) is 2.64. The van der Waals surface area contributed by atoms with Gasteiger partial charge in [0.05, 0.1) is 6.54 Å². The summed E-state index contributed by atoms with van der Waals surface area (Å²) in [6, 6.07) is 0.446. The topological polar surface area (TPSA) is 43.8 Å². The molecule has 1 aliphatic rings. The number of aliphatic carboxylic acids is 1. The second-order valence-corrected chi connectivity index (χ2v) is 4.96. The van der Waals surface area contributed by atoms with Gasteiger partial charge >= 0.3 is 5.97 Å². The Hall–Kier alpha value is -0.870. The van der Waals surface area contributed by atoms with Crippen molar-refractivity contribution in [2.45, 2.75) is 38.6 Å². The van der Waals surface area contributed by atoms with E-state index in [1.54, 1.807) is 0 Å². The van der Waals surface area contributed by atoms with E-state index in [0.717, 1.165) is 45.4 Å². The lowest BCUT2D eigenvalue weighted by atomic mass is 10.0. The average Bonchev–Trinajstić information content (AvgIpc) is 2.37. The van der Waals surface area contributed by atoms with E-state index in [4.69, 9.17) is 5.11 Å². The number of carboxylic acid groups (broad SMARTS) is 1. The number of carbonyl (C=O) groups is 1. The molecule has 0 aromatic carbocycles. The van der Waals surface area contributed by atoms with Gasteiger partial charge in [-0.15, -0.1) is 6.58 Å². The lowest BCUT2D eigenvalue weighted by Crippen LogP contribution is -2.46. The van der Waals surface area contributed by atoms with Gasteiger partial charge in [-0.3, -0.25) is 9.69 Å². The molecule has 104 valence electrons. The lowest BCUT2D eigenvalue weighted by Gasteiger charge is -2.37. The maximum atomic E-state index is 10.8. The maximum Gasteiger partial charge on any atom is 0.317 e. The summed E-state index contributed by atoms with van der Waals surface area (Å²) >= 11 is 0. The molecule has 0 aromatic heterocycles. The van der Waals surface area contributed by atoms with E-state index >= 15 is 0 Å². The van der Waals surface area contributed by atoms with Crippen LogP contribution in [0.3, 0.4) is 0 Å². The zero-order valence-electron chi connectivity index (χ0n) is 11.5. The first-order valence-corrected chi connectivity index (χ1v) is 6.96. The molecule has 0 bridgehead atoms. The molecule has 4 heteroatoms. The van der Waals surface area contributed by atoms with E-state index in [-0.39, 0.29) is 6.54 Å². The lowest BCUT2D eigenvalue weighted by molar-refractivity contribution is -0.139. The molecule has 0 aliphatic carbocycles. The van der Waals surface area contributed by atoms with Crippen molar-refractivity contribution in [3.63, 3.8) is 0 Å². The molecule has 18 heavy (non-hydrogen) atoms. The Morgan fingerprint density at radius 2 is 2.17 bits per heavy atom. The normalized spacial score (nSPS) is 18.1. The molecule has 1 fully saturated rings. The minimum absolute atomic E-state index is 0.178. The van der Waals surface area contributed by atoms with E-state index in [2.05, 4.69) is 16.4 Å². The van der Waals surface area contributed by atoms with Gasteiger partial charge < -0.3 is 10.0 Å². The van der Waals surface area contributed by atoms with Crippen LogP contribution in [0.2, 0.25) is 0 Å². The standard InChI is InChI=1S/C14H26N2O2/c1-3-5-6-9-15-10-7-13(8-11-15)16(4-2)12-14(17)18/h3,13H,1,4-12H2,2H3,(H,17,18). The van der Waals surface area contributed by atoms with Crippen molar-refractivity contribution in [2.75, 3.05) is 32.7 Å². The van der Waals surface area contributed by atoms with Crippen LogP contribution in [0.25, 0.3) is 0 Å². The van der Waals surface area contributed by atoms with E-state index in [1.165, 1.54) is 6.42 Å². The zero-order chi connectivity index (χ0) is 13.4. The van der Waals surface area contributed by atoms with Crippen LogP contribution in [0.15, 0.2) is 12.7 Å². The van der Waals surface area contributed by atoms with Crippen LogP contribution in [0.1, 0.15) is 32.6 Å². The van der Waals surface area contributed by atoms with Crippen molar-refractivity contribution in [2.24, 2.45) is 0 Å². The fourth-order valence-corrected chi connectivity index (χ4v) is 2.64. The van der Waals surface area contributed by atoms with Crippen LogP contribution < -0.4 is 0 Å². The summed E-state index contributed by atoms with van der Waals surface area (Å²) < 4.78 is 0. The minimum atomic E-state index is -0.717. The highest BCUT2D eigenvalue weighted by molar-refractivity contribution is 5.69. The monoisotopic (exact) mass is 254 g/mol. The third kappa shape index (κ3) is 5.19. The first-order chi connectivity index (χ1) is 8.67. The highest BCUT2D eigenvalue weighted by Crippen LogP contribution is 2.16. The Labute approximate surface area is 110 Å². The molecule has 1 N–H and O–H groups in total. The maximum absolute atomic E-state index is 10.8. The molecular formula is C14H26N2O2. The molecule has 0 radical (unpaired) electrons. The smallest absolute Gasteiger partial charge is 0.317 e. The molecular weight excluding hydrogens is 228 g/mol. The molecule has 0 aromatic rings. The molecule has 4 nitrogen and oxygen atoms in total.